The van der Waals surface area contributed by atoms with Crippen molar-refractivity contribution in [3.05, 3.63) is 67.8 Å². The van der Waals surface area contributed by atoms with Crippen LogP contribution in [-0.2, 0) is 92.8 Å². The van der Waals surface area contributed by atoms with Gasteiger partial charge in [-0.2, -0.15) is 0 Å². The molecule has 0 aliphatic rings. The third-order valence-electron chi connectivity index (χ3n) is 2.85. The molecule has 21 heavy (non-hydrogen) atoms. The van der Waals surface area contributed by atoms with Crippen LogP contribution in [0.2, 0.25) is 0 Å². The van der Waals surface area contributed by atoms with Crippen LogP contribution in [0.15, 0.2) is 60.8 Å². The molecule has 1 aromatic heterocycles. The van der Waals surface area contributed by atoms with Gasteiger partial charge in [-0.05, 0) is 5.69 Å². The summed E-state index contributed by atoms with van der Waals surface area (Å²) < 4.78 is 1.94. The summed E-state index contributed by atoms with van der Waals surface area (Å²) >= 11 is 0. The SMILES string of the molecule is [CH2-]n1cc2ccccc2c1-c1ccccc1.[V].[V].[V].[V].[V]. The van der Waals surface area contributed by atoms with Crippen molar-refractivity contribution in [2.24, 2.45) is 0 Å². The maximum Gasteiger partial charge on any atom is 0 e. The quantitative estimate of drug-likeness (QED) is 0.485. The van der Waals surface area contributed by atoms with Gasteiger partial charge in [0.05, 0.1) is 0 Å². The van der Waals surface area contributed by atoms with E-state index in [0.717, 1.165) is 0 Å². The van der Waals surface area contributed by atoms with E-state index < -0.39 is 0 Å². The molecule has 0 saturated heterocycles. The predicted molar refractivity (Wildman–Crippen MR) is 68.1 cm³/mol. The van der Waals surface area contributed by atoms with Crippen LogP contribution in [0.1, 0.15) is 0 Å². The summed E-state index contributed by atoms with van der Waals surface area (Å²) in [5, 5.41) is 2.49. The van der Waals surface area contributed by atoms with Gasteiger partial charge < -0.3 is 4.57 Å². The van der Waals surface area contributed by atoms with E-state index in [9.17, 15) is 0 Å². The van der Waals surface area contributed by atoms with Crippen molar-refractivity contribution < 1.29 is 92.8 Å². The van der Waals surface area contributed by atoms with E-state index in [1.807, 2.05) is 10.6 Å². The minimum absolute atomic E-state index is 0. The summed E-state index contributed by atoms with van der Waals surface area (Å²) in [6, 6.07) is 18.7. The number of rotatable bonds is 1. The largest absolute Gasteiger partial charge is 0.486 e. The molecule has 0 N–H and O–H groups in total. The van der Waals surface area contributed by atoms with Gasteiger partial charge in [-0.25, -0.2) is 0 Å². The Labute approximate surface area is 185 Å². The Hall–Kier alpha value is 0.772. The molecule has 0 fully saturated rings. The van der Waals surface area contributed by atoms with Crippen molar-refractivity contribution in [3.63, 3.8) is 0 Å². The second-order valence-corrected chi connectivity index (χ2v) is 3.90. The van der Waals surface area contributed by atoms with Gasteiger partial charge in [-0.15, -0.1) is 7.05 Å². The van der Waals surface area contributed by atoms with Crippen LogP contribution in [0.3, 0.4) is 0 Å². The van der Waals surface area contributed by atoms with Crippen molar-refractivity contribution in [2.45, 2.75) is 0 Å². The van der Waals surface area contributed by atoms with Gasteiger partial charge in [0.15, 0.2) is 0 Å². The number of nitrogens with zero attached hydrogens (tertiary/aromatic N) is 1. The third-order valence-corrected chi connectivity index (χ3v) is 2.85. The Bertz CT molecular complexity index is 637. The molecule has 3 rings (SSSR count). The van der Waals surface area contributed by atoms with Gasteiger partial charge >= 0.3 is 0 Å². The van der Waals surface area contributed by atoms with E-state index in [2.05, 4.69) is 61.8 Å². The van der Waals surface area contributed by atoms with Crippen LogP contribution in [0.25, 0.3) is 22.0 Å². The first kappa shape index (κ1) is 26.7. The first-order chi connectivity index (χ1) is 7.86. The van der Waals surface area contributed by atoms with Crippen LogP contribution in [0, 0.1) is 7.05 Å². The zero-order chi connectivity index (χ0) is 11.0. The number of fused-ring (bicyclic) bond motifs is 1. The van der Waals surface area contributed by atoms with Crippen LogP contribution >= 0.6 is 0 Å². The van der Waals surface area contributed by atoms with Gasteiger partial charge in [0.2, 0.25) is 0 Å². The first-order valence-corrected chi connectivity index (χ1v) is 5.32. The molecule has 0 spiro atoms. The van der Waals surface area contributed by atoms with Crippen molar-refractivity contribution in [2.75, 3.05) is 0 Å². The zero-order valence-electron chi connectivity index (χ0n) is 11.2. The van der Waals surface area contributed by atoms with Gasteiger partial charge in [-0.1, -0.05) is 77.1 Å². The normalized spacial score (nSPS) is 8.19. The predicted octanol–water partition coefficient (Wildman–Crippen LogP) is 3.94. The van der Waals surface area contributed by atoms with Crippen molar-refractivity contribution >= 4 is 10.8 Å². The molecule has 1 heterocycles. The Morgan fingerprint density at radius 2 is 1.19 bits per heavy atom. The smallest absolute Gasteiger partial charge is 0 e. The number of hydrogen-bond donors (Lipinski definition) is 0. The van der Waals surface area contributed by atoms with Gasteiger partial charge in [0.1, 0.15) is 0 Å². The van der Waals surface area contributed by atoms with Crippen LogP contribution in [0.4, 0.5) is 0 Å². The van der Waals surface area contributed by atoms with E-state index in [-0.39, 0.29) is 92.8 Å². The Kier molecular flexibility index (Phi) is 15.5. The molecular weight excluding hydrogens is 449 g/mol. The average molecular weight is 461 g/mol. The average Bonchev–Trinajstić information content (AvgIpc) is 2.66. The summed E-state index contributed by atoms with van der Waals surface area (Å²) in [7, 11) is 4.05. The second kappa shape index (κ2) is 12.2. The molecule has 0 saturated carbocycles. The molecule has 2 aromatic carbocycles. The monoisotopic (exact) mass is 461 g/mol. The van der Waals surface area contributed by atoms with E-state index >= 15 is 0 Å². The molecule has 0 bridgehead atoms. The molecule has 3 aromatic rings. The fourth-order valence-electron chi connectivity index (χ4n) is 2.13. The molecule has 6 heteroatoms. The summed E-state index contributed by atoms with van der Waals surface area (Å²) in [6.07, 6.45) is 2.07. The third kappa shape index (κ3) is 5.72. The summed E-state index contributed by atoms with van der Waals surface area (Å²) in [4.78, 5) is 0. The Morgan fingerprint density at radius 1 is 0.667 bits per heavy atom. The molecule has 103 valence electrons. The number of benzene rings is 2. The fourth-order valence-corrected chi connectivity index (χ4v) is 2.13. The molecule has 0 unspecified atom stereocenters. The topological polar surface area (TPSA) is 4.93 Å². The molecule has 1 nitrogen and oxygen atoms in total. The molecule has 0 aliphatic heterocycles. The first-order valence-electron chi connectivity index (χ1n) is 5.32. The fraction of sp³-hybridized carbons (Fsp3) is 0. The minimum atomic E-state index is 0. The summed E-state index contributed by atoms with van der Waals surface area (Å²) in [6.45, 7) is 0. The molecule has 0 atom stereocenters. The van der Waals surface area contributed by atoms with Crippen molar-refractivity contribution in [1.29, 1.82) is 0 Å². The van der Waals surface area contributed by atoms with Crippen LogP contribution in [-0.4, -0.2) is 4.57 Å². The van der Waals surface area contributed by atoms with Crippen molar-refractivity contribution in [3.8, 4) is 11.3 Å². The second-order valence-electron chi connectivity index (χ2n) is 3.90. The Morgan fingerprint density at radius 3 is 1.81 bits per heavy atom. The summed E-state index contributed by atoms with van der Waals surface area (Å²) in [5.41, 5.74) is 2.38. The van der Waals surface area contributed by atoms with E-state index in [0.29, 0.717) is 0 Å². The van der Waals surface area contributed by atoms with E-state index in [4.69, 9.17) is 0 Å². The van der Waals surface area contributed by atoms with E-state index in [1.54, 1.807) is 0 Å². The zero-order valence-corrected chi connectivity index (χ0v) is 18.1. The molecule has 0 amide bonds. The molecule has 5 radical (unpaired) electrons. The molecule has 0 aliphatic carbocycles. The molecular formula is C15H12NV5-. The van der Waals surface area contributed by atoms with Crippen molar-refractivity contribution in [1.82, 2.24) is 4.57 Å². The Balaban J connectivity index is -0.000000648. The van der Waals surface area contributed by atoms with E-state index in [1.165, 1.54) is 22.0 Å². The van der Waals surface area contributed by atoms with Gasteiger partial charge in [-0.3, -0.25) is 0 Å². The standard InChI is InChI=1S/C15H12N.5V/c1-16-11-13-9-5-6-10-14(13)15(16)12-7-3-2-4-8-12;;;;;/h2-11H,1H2;;;;;/q-1;;;;;. The maximum absolute atomic E-state index is 4.05. The van der Waals surface area contributed by atoms with Gasteiger partial charge in [0.25, 0.3) is 0 Å². The van der Waals surface area contributed by atoms with Crippen LogP contribution in [0.5, 0.6) is 0 Å². The number of aromatic nitrogens is 1. The maximum atomic E-state index is 4.05. The minimum Gasteiger partial charge on any atom is -0.486 e. The summed E-state index contributed by atoms with van der Waals surface area (Å²) in [5.74, 6) is 0. The number of hydrogen-bond acceptors (Lipinski definition) is 0. The van der Waals surface area contributed by atoms with Crippen LogP contribution < -0.4 is 0 Å². The van der Waals surface area contributed by atoms with Gasteiger partial charge in [0, 0.05) is 92.8 Å².